The minimum absolute atomic E-state index is 0.0205. The summed E-state index contributed by atoms with van der Waals surface area (Å²) in [7, 11) is 0. The van der Waals surface area contributed by atoms with Crippen LogP contribution in [0.5, 0.6) is 0 Å². The second kappa shape index (κ2) is 8.94. The van der Waals surface area contributed by atoms with Crippen molar-refractivity contribution in [2.45, 2.75) is 26.1 Å². The fourth-order valence-corrected chi connectivity index (χ4v) is 2.77. The van der Waals surface area contributed by atoms with Crippen molar-refractivity contribution in [3.05, 3.63) is 63.9 Å². The van der Waals surface area contributed by atoms with Crippen molar-refractivity contribution in [3.63, 3.8) is 0 Å². The predicted molar refractivity (Wildman–Crippen MR) is 107 cm³/mol. The van der Waals surface area contributed by atoms with Gasteiger partial charge in [-0.1, -0.05) is 23.4 Å². The zero-order valence-corrected chi connectivity index (χ0v) is 16.4. The average Bonchev–Trinajstić information content (AvgIpc) is 2.73. The molecule has 0 unspecified atom stereocenters. The molecule has 0 saturated carbocycles. The van der Waals surface area contributed by atoms with Crippen molar-refractivity contribution in [2.75, 3.05) is 11.9 Å². The summed E-state index contributed by atoms with van der Waals surface area (Å²) >= 11 is 0. The van der Waals surface area contributed by atoms with Crippen LogP contribution < -0.4 is 16.2 Å². The first-order chi connectivity index (χ1) is 14.6. The van der Waals surface area contributed by atoms with Crippen LogP contribution in [0, 0.1) is 6.92 Å². The molecular formula is C20H18F3N5O3. The van der Waals surface area contributed by atoms with Crippen LogP contribution in [0.15, 0.2) is 47.3 Å². The summed E-state index contributed by atoms with van der Waals surface area (Å²) < 4.78 is 37.9. The van der Waals surface area contributed by atoms with Gasteiger partial charge in [0.05, 0.1) is 11.9 Å². The molecule has 2 aromatic carbocycles. The monoisotopic (exact) mass is 433 g/mol. The molecule has 1 aromatic heterocycles. The highest BCUT2D eigenvalue weighted by atomic mass is 19.4. The molecule has 0 aliphatic heterocycles. The van der Waals surface area contributed by atoms with E-state index in [4.69, 9.17) is 0 Å². The Morgan fingerprint density at radius 1 is 1.13 bits per heavy atom. The van der Waals surface area contributed by atoms with E-state index in [-0.39, 0.29) is 29.8 Å². The maximum Gasteiger partial charge on any atom is 0.405 e. The normalized spacial score (nSPS) is 11.4. The zero-order valence-electron chi connectivity index (χ0n) is 16.4. The van der Waals surface area contributed by atoms with Crippen LogP contribution in [0.1, 0.15) is 22.3 Å². The lowest BCUT2D eigenvalue weighted by Crippen LogP contribution is -2.33. The highest BCUT2D eigenvalue weighted by Crippen LogP contribution is 2.18. The van der Waals surface area contributed by atoms with Crippen molar-refractivity contribution in [1.29, 1.82) is 0 Å². The Bertz CT molecular complexity index is 1190. The zero-order chi connectivity index (χ0) is 22.6. The molecule has 3 aromatic rings. The van der Waals surface area contributed by atoms with Crippen LogP contribution >= 0.6 is 0 Å². The number of aromatic nitrogens is 3. The molecule has 0 bridgehead atoms. The SMILES string of the molecule is Cc1ccc(C(=O)NCC(F)(F)F)cc1NC(=O)CCn1nnc2ccccc2c1=O. The van der Waals surface area contributed by atoms with E-state index in [1.807, 2.05) is 0 Å². The number of carbonyl (C=O) groups is 2. The van der Waals surface area contributed by atoms with E-state index < -0.39 is 24.5 Å². The Morgan fingerprint density at radius 3 is 2.61 bits per heavy atom. The largest absolute Gasteiger partial charge is 0.405 e. The van der Waals surface area contributed by atoms with E-state index in [0.717, 1.165) is 4.68 Å². The molecule has 0 aliphatic rings. The fraction of sp³-hybridized carbons (Fsp3) is 0.250. The molecule has 3 rings (SSSR count). The smallest absolute Gasteiger partial charge is 0.343 e. The van der Waals surface area contributed by atoms with E-state index in [1.165, 1.54) is 18.2 Å². The van der Waals surface area contributed by atoms with Gasteiger partial charge in [-0.05, 0) is 36.8 Å². The number of nitrogens with zero attached hydrogens (tertiary/aromatic N) is 3. The van der Waals surface area contributed by atoms with E-state index in [1.54, 1.807) is 36.5 Å². The van der Waals surface area contributed by atoms with E-state index in [0.29, 0.717) is 16.5 Å². The van der Waals surface area contributed by atoms with Crippen LogP contribution in [0.2, 0.25) is 0 Å². The summed E-state index contributed by atoms with van der Waals surface area (Å²) in [6.07, 6.45) is -4.63. The molecule has 0 spiro atoms. The second-order valence-corrected chi connectivity index (χ2v) is 6.76. The number of hydrogen-bond acceptors (Lipinski definition) is 5. The lowest BCUT2D eigenvalue weighted by molar-refractivity contribution is -0.123. The van der Waals surface area contributed by atoms with Gasteiger partial charge in [0.25, 0.3) is 11.5 Å². The van der Waals surface area contributed by atoms with Crippen molar-refractivity contribution in [2.24, 2.45) is 0 Å². The molecule has 11 heteroatoms. The lowest BCUT2D eigenvalue weighted by Gasteiger charge is -2.12. The van der Waals surface area contributed by atoms with E-state index in [9.17, 15) is 27.6 Å². The molecule has 0 fully saturated rings. The number of aryl methyl sites for hydroxylation is 2. The predicted octanol–water partition coefficient (Wildman–Crippen LogP) is 2.42. The Hall–Kier alpha value is -3.76. The van der Waals surface area contributed by atoms with Crippen LogP contribution in [-0.4, -0.2) is 39.5 Å². The Kier molecular flexibility index (Phi) is 6.33. The first-order valence-corrected chi connectivity index (χ1v) is 9.22. The first-order valence-electron chi connectivity index (χ1n) is 9.22. The van der Waals surface area contributed by atoms with Gasteiger partial charge in [-0.15, -0.1) is 5.10 Å². The van der Waals surface area contributed by atoms with Gasteiger partial charge >= 0.3 is 6.18 Å². The van der Waals surface area contributed by atoms with E-state index in [2.05, 4.69) is 15.6 Å². The molecule has 0 saturated heterocycles. The molecular weight excluding hydrogens is 415 g/mol. The lowest BCUT2D eigenvalue weighted by atomic mass is 10.1. The van der Waals surface area contributed by atoms with Gasteiger partial charge < -0.3 is 10.6 Å². The van der Waals surface area contributed by atoms with Crippen molar-refractivity contribution >= 4 is 28.4 Å². The molecule has 2 amide bonds. The number of fused-ring (bicyclic) bond motifs is 1. The third-order valence-corrected chi connectivity index (χ3v) is 4.40. The van der Waals surface area contributed by atoms with Crippen molar-refractivity contribution in [3.8, 4) is 0 Å². The van der Waals surface area contributed by atoms with Crippen LogP contribution in [0.25, 0.3) is 10.9 Å². The van der Waals surface area contributed by atoms with Gasteiger partial charge in [-0.3, -0.25) is 14.4 Å². The summed E-state index contributed by atoms with van der Waals surface area (Å²) in [5.41, 5.74) is 0.939. The molecule has 162 valence electrons. The summed E-state index contributed by atoms with van der Waals surface area (Å²) in [6, 6.07) is 10.9. The maximum atomic E-state index is 12.4. The Morgan fingerprint density at radius 2 is 1.87 bits per heavy atom. The number of hydrogen-bond donors (Lipinski definition) is 2. The quantitative estimate of drug-likeness (QED) is 0.621. The Balaban J connectivity index is 1.66. The molecule has 31 heavy (non-hydrogen) atoms. The molecule has 0 aliphatic carbocycles. The highest BCUT2D eigenvalue weighted by molar-refractivity contribution is 5.97. The number of anilines is 1. The minimum atomic E-state index is -4.53. The number of amides is 2. The van der Waals surface area contributed by atoms with Gasteiger partial charge in [0.15, 0.2) is 0 Å². The number of alkyl halides is 3. The first kappa shape index (κ1) is 21.9. The second-order valence-electron chi connectivity index (χ2n) is 6.76. The molecule has 1 heterocycles. The third kappa shape index (κ3) is 5.65. The molecule has 0 atom stereocenters. The summed E-state index contributed by atoms with van der Waals surface area (Å²) in [5.74, 6) is -1.37. The van der Waals surface area contributed by atoms with Gasteiger partial charge in [0, 0.05) is 17.7 Å². The highest BCUT2D eigenvalue weighted by Gasteiger charge is 2.28. The standard InChI is InChI=1S/C20H18F3N5O3/c1-12-6-7-13(18(30)24-11-20(21,22)23)10-16(12)25-17(29)8-9-28-19(31)14-4-2-3-5-15(14)26-27-28/h2-7,10H,8-9,11H2,1H3,(H,24,30)(H,25,29). The van der Waals surface area contributed by atoms with Gasteiger partial charge in [0.2, 0.25) is 5.91 Å². The van der Waals surface area contributed by atoms with Crippen LogP contribution in [0.4, 0.5) is 18.9 Å². The number of nitrogens with one attached hydrogen (secondary N) is 2. The average molecular weight is 433 g/mol. The topological polar surface area (TPSA) is 106 Å². The number of rotatable bonds is 6. The Labute approximate surface area is 174 Å². The maximum absolute atomic E-state index is 12.4. The molecule has 8 nitrogen and oxygen atoms in total. The summed E-state index contributed by atoms with van der Waals surface area (Å²) in [6.45, 7) is 0.197. The summed E-state index contributed by atoms with van der Waals surface area (Å²) in [4.78, 5) is 36.7. The number of carbonyl (C=O) groups excluding carboxylic acids is 2. The van der Waals surface area contributed by atoms with Crippen LogP contribution in [-0.2, 0) is 11.3 Å². The van der Waals surface area contributed by atoms with Gasteiger partial charge in [-0.2, -0.15) is 13.2 Å². The minimum Gasteiger partial charge on any atom is -0.343 e. The molecule has 0 radical (unpaired) electrons. The van der Waals surface area contributed by atoms with E-state index >= 15 is 0 Å². The number of halogens is 3. The third-order valence-electron chi connectivity index (χ3n) is 4.40. The fourth-order valence-electron chi connectivity index (χ4n) is 2.77. The van der Waals surface area contributed by atoms with Crippen molar-refractivity contribution in [1.82, 2.24) is 20.3 Å². The van der Waals surface area contributed by atoms with Crippen molar-refractivity contribution < 1.29 is 22.8 Å². The summed E-state index contributed by atoms with van der Waals surface area (Å²) in [5, 5.41) is 12.5. The van der Waals surface area contributed by atoms with Crippen LogP contribution in [0.3, 0.4) is 0 Å². The number of benzene rings is 2. The van der Waals surface area contributed by atoms with Gasteiger partial charge in [0.1, 0.15) is 12.1 Å². The molecule has 2 N–H and O–H groups in total. The van der Waals surface area contributed by atoms with Gasteiger partial charge in [-0.25, -0.2) is 4.68 Å².